The number of hydrogen-bond acceptors (Lipinski definition) is 3. The number of aryl methyl sites for hydroxylation is 1. The van der Waals surface area contributed by atoms with Crippen LogP contribution in [0.2, 0.25) is 0 Å². The Morgan fingerprint density at radius 2 is 2.38 bits per heavy atom. The van der Waals surface area contributed by atoms with Gasteiger partial charge < -0.3 is 5.32 Å². The summed E-state index contributed by atoms with van der Waals surface area (Å²) in [6, 6.07) is 0. The van der Waals surface area contributed by atoms with E-state index >= 15 is 0 Å². The minimum Gasteiger partial charge on any atom is -0.308 e. The fourth-order valence-electron chi connectivity index (χ4n) is 0.958. The highest BCUT2D eigenvalue weighted by molar-refractivity contribution is 7.09. The lowest BCUT2D eigenvalue weighted by atomic mass is 10.3. The van der Waals surface area contributed by atoms with Gasteiger partial charge in [0.2, 0.25) is 0 Å². The van der Waals surface area contributed by atoms with Gasteiger partial charge in [0.05, 0.1) is 11.2 Å². The lowest BCUT2D eigenvalue weighted by Gasteiger charge is -1.99. The summed E-state index contributed by atoms with van der Waals surface area (Å²) in [6.07, 6.45) is 2.19. The molecule has 3 heteroatoms. The molecule has 0 aliphatic carbocycles. The van der Waals surface area contributed by atoms with Gasteiger partial charge in [-0.05, 0) is 20.8 Å². The molecule has 0 atom stereocenters. The number of nitrogens with zero attached hydrogens (tertiary/aromatic N) is 1. The number of aromatic nitrogens is 1. The molecule has 0 radical (unpaired) electrons. The average Bonchev–Trinajstić information content (AvgIpc) is 2.45. The third-order valence-electron chi connectivity index (χ3n) is 1.79. The van der Waals surface area contributed by atoms with Crippen LogP contribution in [-0.4, -0.2) is 11.5 Å². The first kappa shape index (κ1) is 10.4. The third-order valence-corrected chi connectivity index (χ3v) is 2.72. The molecule has 72 valence electrons. The largest absolute Gasteiger partial charge is 0.308 e. The molecule has 0 bridgehead atoms. The summed E-state index contributed by atoms with van der Waals surface area (Å²) in [6.45, 7) is 8.15. The number of thiazole rings is 1. The molecule has 1 heterocycles. The molecule has 1 aromatic heterocycles. The van der Waals surface area contributed by atoms with Crippen LogP contribution in [0.1, 0.15) is 24.4 Å². The van der Waals surface area contributed by atoms with Gasteiger partial charge in [-0.3, -0.25) is 0 Å². The maximum Gasteiger partial charge on any atom is 0.0798 e. The van der Waals surface area contributed by atoms with E-state index in [1.165, 1.54) is 10.5 Å². The Kier molecular flexibility index (Phi) is 4.12. The highest BCUT2D eigenvalue weighted by Crippen LogP contribution is 2.10. The molecule has 0 saturated carbocycles. The van der Waals surface area contributed by atoms with Gasteiger partial charge in [0.1, 0.15) is 0 Å². The summed E-state index contributed by atoms with van der Waals surface area (Å²) >= 11 is 1.71. The predicted molar refractivity (Wildman–Crippen MR) is 58.0 cm³/mol. The summed E-state index contributed by atoms with van der Waals surface area (Å²) in [4.78, 5) is 5.53. The molecule has 0 fully saturated rings. The maximum atomic E-state index is 4.19. The molecule has 1 N–H and O–H groups in total. The standard InChI is InChI=1S/C10H16N2S/c1-8(2)4-5-11-6-10-9(3)12-7-13-10/h4,7,11H,5-6H2,1-3H3. The first-order valence-electron chi connectivity index (χ1n) is 4.43. The number of rotatable bonds is 4. The summed E-state index contributed by atoms with van der Waals surface area (Å²) in [5, 5.41) is 3.35. The Labute approximate surface area is 83.7 Å². The van der Waals surface area contributed by atoms with Crippen LogP contribution in [0.3, 0.4) is 0 Å². The summed E-state index contributed by atoms with van der Waals surface area (Å²) < 4.78 is 0. The van der Waals surface area contributed by atoms with Crippen molar-refractivity contribution in [2.75, 3.05) is 6.54 Å². The SMILES string of the molecule is CC(C)=CCNCc1scnc1C. The van der Waals surface area contributed by atoms with Crippen molar-refractivity contribution in [2.45, 2.75) is 27.3 Å². The van der Waals surface area contributed by atoms with Gasteiger partial charge in [-0.25, -0.2) is 4.98 Å². The minimum atomic E-state index is 0.931. The van der Waals surface area contributed by atoms with Crippen LogP contribution in [0.5, 0.6) is 0 Å². The van der Waals surface area contributed by atoms with Gasteiger partial charge in [0.25, 0.3) is 0 Å². The Bertz CT molecular complexity index is 285. The lowest BCUT2D eigenvalue weighted by Crippen LogP contribution is -2.12. The molecule has 1 aromatic rings. The van der Waals surface area contributed by atoms with E-state index in [4.69, 9.17) is 0 Å². The van der Waals surface area contributed by atoms with E-state index in [2.05, 4.69) is 37.1 Å². The topological polar surface area (TPSA) is 24.9 Å². The second-order valence-corrected chi connectivity index (χ2v) is 4.21. The normalized spacial score (nSPS) is 10.1. The van der Waals surface area contributed by atoms with Crippen molar-refractivity contribution in [1.29, 1.82) is 0 Å². The van der Waals surface area contributed by atoms with E-state index in [1.54, 1.807) is 11.3 Å². The molecule has 0 saturated heterocycles. The zero-order chi connectivity index (χ0) is 9.68. The monoisotopic (exact) mass is 196 g/mol. The van der Waals surface area contributed by atoms with Crippen molar-refractivity contribution in [3.05, 3.63) is 27.7 Å². The Hall–Kier alpha value is -0.670. The molecule has 1 rings (SSSR count). The molecule has 0 aliphatic heterocycles. The second-order valence-electron chi connectivity index (χ2n) is 3.27. The van der Waals surface area contributed by atoms with Crippen LogP contribution >= 0.6 is 11.3 Å². The molecule has 0 aliphatic rings. The fraction of sp³-hybridized carbons (Fsp3) is 0.500. The Morgan fingerprint density at radius 3 is 2.92 bits per heavy atom. The van der Waals surface area contributed by atoms with Gasteiger partial charge in [0.15, 0.2) is 0 Å². The zero-order valence-electron chi connectivity index (χ0n) is 8.42. The van der Waals surface area contributed by atoms with E-state index in [1.807, 2.05) is 5.51 Å². The van der Waals surface area contributed by atoms with Crippen LogP contribution in [0, 0.1) is 6.92 Å². The van der Waals surface area contributed by atoms with Crippen molar-refractivity contribution >= 4 is 11.3 Å². The van der Waals surface area contributed by atoms with Crippen molar-refractivity contribution in [2.24, 2.45) is 0 Å². The average molecular weight is 196 g/mol. The van der Waals surface area contributed by atoms with Crippen molar-refractivity contribution in [3.8, 4) is 0 Å². The van der Waals surface area contributed by atoms with Crippen LogP contribution in [0.15, 0.2) is 17.2 Å². The van der Waals surface area contributed by atoms with Gasteiger partial charge >= 0.3 is 0 Å². The third kappa shape index (κ3) is 3.70. The first-order chi connectivity index (χ1) is 6.20. The highest BCUT2D eigenvalue weighted by atomic mass is 32.1. The van der Waals surface area contributed by atoms with Crippen molar-refractivity contribution in [3.63, 3.8) is 0 Å². The lowest BCUT2D eigenvalue weighted by molar-refractivity contribution is 0.761. The van der Waals surface area contributed by atoms with Crippen LogP contribution in [0.25, 0.3) is 0 Å². The van der Waals surface area contributed by atoms with E-state index in [0.29, 0.717) is 0 Å². The molecule has 2 nitrogen and oxygen atoms in total. The fourth-order valence-corrected chi connectivity index (χ4v) is 1.70. The highest BCUT2D eigenvalue weighted by Gasteiger charge is 1.98. The van der Waals surface area contributed by atoms with Gasteiger partial charge in [-0.1, -0.05) is 11.6 Å². The van der Waals surface area contributed by atoms with E-state index in [0.717, 1.165) is 18.8 Å². The minimum absolute atomic E-state index is 0.931. The number of hydrogen-bond donors (Lipinski definition) is 1. The van der Waals surface area contributed by atoms with Crippen molar-refractivity contribution in [1.82, 2.24) is 10.3 Å². The summed E-state index contributed by atoms with van der Waals surface area (Å²) in [5.74, 6) is 0. The van der Waals surface area contributed by atoms with Crippen LogP contribution in [-0.2, 0) is 6.54 Å². The summed E-state index contributed by atoms with van der Waals surface area (Å²) in [7, 11) is 0. The Morgan fingerprint density at radius 1 is 1.62 bits per heavy atom. The van der Waals surface area contributed by atoms with Gasteiger partial charge in [-0.2, -0.15) is 0 Å². The molecule has 0 spiro atoms. The van der Waals surface area contributed by atoms with E-state index < -0.39 is 0 Å². The molecular weight excluding hydrogens is 180 g/mol. The van der Waals surface area contributed by atoms with E-state index in [9.17, 15) is 0 Å². The van der Waals surface area contributed by atoms with Gasteiger partial charge in [-0.15, -0.1) is 11.3 Å². The molecule has 0 unspecified atom stereocenters. The summed E-state index contributed by atoms with van der Waals surface area (Å²) in [5.41, 5.74) is 4.40. The maximum absolute atomic E-state index is 4.19. The molecule has 0 amide bonds. The van der Waals surface area contributed by atoms with Crippen molar-refractivity contribution < 1.29 is 0 Å². The zero-order valence-corrected chi connectivity index (χ0v) is 9.24. The predicted octanol–water partition coefficient (Wildman–Crippen LogP) is 2.51. The molecule has 13 heavy (non-hydrogen) atoms. The first-order valence-corrected chi connectivity index (χ1v) is 5.31. The number of nitrogens with one attached hydrogen (secondary N) is 1. The smallest absolute Gasteiger partial charge is 0.0798 e. The van der Waals surface area contributed by atoms with Crippen LogP contribution < -0.4 is 5.32 Å². The van der Waals surface area contributed by atoms with Gasteiger partial charge in [0, 0.05) is 18.0 Å². The second kappa shape index (κ2) is 5.14. The Balaban J connectivity index is 2.28. The van der Waals surface area contributed by atoms with Crippen LogP contribution in [0.4, 0.5) is 0 Å². The number of allylic oxidation sites excluding steroid dienone is 1. The molecular formula is C10H16N2S. The van der Waals surface area contributed by atoms with E-state index in [-0.39, 0.29) is 0 Å². The quantitative estimate of drug-likeness (QED) is 0.591. The molecule has 0 aromatic carbocycles.